The van der Waals surface area contributed by atoms with Crippen LogP contribution in [0.2, 0.25) is 0 Å². The molecule has 1 unspecified atom stereocenters. The van der Waals surface area contributed by atoms with Gasteiger partial charge in [-0.15, -0.1) is 0 Å². The first kappa shape index (κ1) is 15.4. The van der Waals surface area contributed by atoms with E-state index in [1.807, 2.05) is 0 Å². The van der Waals surface area contributed by atoms with Crippen LogP contribution in [-0.2, 0) is 0 Å². The minimum Gasteiger partial charge on any atom is -0.387 e. The predicted octanol–water partition coefficient (Wildman–Crippen LogP) is 3.27. The molecule has 0 saturated heterocycles. The summed E-state index contributed by atoms with van der Waals surface area (Å²) in [5.74, 6) is -0.586. The monoisotopic (exact) mass is 283 g/mol. The molecule has 1 aliphatic carbocycles. The first-order valence-corrected chi connectivity index (χ1v) is 7.01. The first-order chi connectivity index (χ1) is 9.18. The molecule has 0 radical (unpaired) electrons. The minimum atomic E-state index is -1.03. The number of aliphatic hydroxyl groups excluding tert-OH is 1. The zero-order valence-electron chi connectivity index (χ0n) is 12.5. The highest BCUT2D eigenvalue weighted by Gasteiger charge is 2.63. The second-order valence-electron chi connectivity index (χ2n) is 6.84. The SMILES string of the molecule is CC1(C)C(CNCC(O)c2cc(F)ccc2F)C1(C)C. The summed E-state index contributed by atoms with van der Waals surface area (Å²) in [4.78, 5) is 0. The Morgan fingerprint density at radius 3 is 2.35 bits per heavy atom. The maximum Gasteiger partial charge on any atom is 0.129 e. The zero-order valence-corrected chi connectivity index (χ0v) is 12.5. The summed E-state index contributed by atoms with van der Waals surface area (Å²) in [7, 11) is 0. The lowest BCUT2D eigenvalue weighted by Gasteiger charge is -2.13. The molecule has 1 fully saturated rings. The predicted molar refractivity (Wildman–Crippen MR) is 75.2 cm³/mol. The van der Waals surface area contributed by atoms with Crippen molar-refractivity contribution in [1.82, 2.24) is 5.32 Å². The van der Waals surface area contributed by atoms with Crippen molar-refractivity contribution < 1.29 is 13.9 Å². The highest BCUT2D eigenvalue weighted by Crippen LogP contribution is 2.67. The summed E-state index contributed by atoms with van der Waals surface area (Å²) in [6.07, 6.45) is -1.03. The van der Waals surface area contributed by atoms with Gasteiger partial charge in [-0.25, -0.2) is 8.78 Å². The maximum absolute atomic E-state index is 13.5. The Kier molecular flexibility index (Phi) is 3.91. The average Bonchev–Trinajstić information content (AvgIpc) is 2.74. The summed E-state index contributed by atoms with van der Waals surface area (Å²) in [5.41, 5.74) is 0.552. The summed E-state index contributed by atoms with van der Waals surface area (Å²) < 4.78 is 26.6. The van der Waals surface area contributed by atoms with Gasteiger partial charge in [-0.05, 0) is 41.5 Å². The highest BCUT2D eigenvalue weighted by atomic mass is 19.1. The van der Waals surface area contributed by atoms with Gasteiger partial charge < -0.3 is 10.4 Å². The van der Waals surface area contributed by atoms with Gasteiger partial charge in [0.25, 0.3) is 0 Å². The van der Waals surface area contributed by atoms with E-state index < -0.39 is 17.7 Å². The van der Waals surface area contributed by atoms with E-state index in [2.05, 4.69) is 33.0 Å². The molecule has 112 valence electrons. The quantitative estimate of drug-likeness (QED) is 0.869. The second-order valence-corrected chi connectivity index (χ2v) is 6.84. The molecule has 1 aliphatic rings. The fourth-order valence-electron chi connectivity index (χ4n) is 3.09. The van der Waals surface area contributed by atoms with Crippen LogP contribution >= 0.6 is 0 Å². The fraction of sp³-hybridized carbons (Fsp3) is 0.625. The van der Waals surface area contributed by atoms with E-state index in [0.29, 0.717) is 5.92 Å². The molecular weight excluding hydrogens is 260 g/mol. The van der Waals surface area contributed by atoms with Crippen molar-refractivity contribution in [3.63, 3.8) is 0 Å². The van der Waals surface area contributed by atoms with Crippen LogP contribution in [0.25, 0.3) is 0 Å². The molecule has 2 nitrogen and oxygen atoms in total. The Labute approximate surface area is 119 Å². The Balaban J connectivity index is 1.88. The third-order valence-corrected chi connectivity index (χ3v) is 5.32. The number of aliphatic hydroxyl groups is 1. The number of hydrogen-bond acceptors (Lipinski definition) is 2. The summed E-state index contributed by atoms with van der Waals surface area (Å²) in [6, 6.07) is 3.14. The second kappa shape index (κ2) is 5.08. The molecule has 0 aliphatic heterocycles. The number of halogens is 2. The zero-order chi connectivity index (χ0) is 15.1. The third-order valence-electron chi connectivity index (χ3n) is 5.32. The molecule has 1 aromatic carbocycles. The Morgan fingerprint density at radius 1 is 1.20 bits per heavy atom. The van der Waals surface area contributed by atoms with Crippen molar-refractivity contribution >= 4 is 0 Å². The molecule has 0 aromatic heterocycles. The van der Waals surface area contributed by atoms with Crippen LogP contribution in [0, 0.1) is 28.4 Å². The summed E-state index contributed by atoms with van der Waals surface area (Å²) in [5, 5.41) is 13.1. The Bertz CT molecular complexity index is 485. The van der Waals surface area contributed by atoms with Gasteiger partial charge in [0, 0.05) is 12.1 Å². The lowest BCUT2D eigenvalue weighted by molar-refractivity contribution is 0.168. The van der Waals surface area contributed by atoms with E-state index in [4.69, 9.17) is 0 Å². The van der Waals surface area contributed by atoms with Crippen LogP contribution in [0.5, 0.6) is 0 Å². The molecule has 0 bridgehead atoms. The molecule has 1 aromatic rings. The van der Waals surface area contributed by atoms with Crippen LogP contribution in [0.15, 0.2) is 18.2 Å². The normalized spacial score (nSPS) is 21.8. The molecule has 2 N–H and O–H groups in total. The van der Waals surface area contributed by atoms with E-state index in [1.165, 1.54) is 0 Å². The van der Waals surface area contributed by atoms with Gasteiger partial charge in [0.15, 0.2) is 0 Å². The van der Waals surface area contributed by atoms with Gasteiger partial charge in [0.1, 0.15) is 11.6 Å². The molecule has 4 heteroatoms. The first-order valence-electron chi connectivity index (χ1n) is 7.01. The topological polar surface area (TPSA) is 32.3 Å². The Hall–Kier alpha value is -1.00. The standard InChI is InChI=1S/C16H23F2NO/c1-15(2)14(16(15,3)4)9-19-8-13(20)11-7-10(17)5-6-12(11)18/h5-7,13-14,19-20H,8-9H2,1-4H3. The van der Waals surface area contributed by atoms with Crippen molar-refractivity contribution in [2.45, 2.75) is 33.8 Å². The fourth-order valence-corrected chi connectivity index (χ4v) is 3.09. The largest absolute Gasteiger partial charge is 0.387 e. The van der Waals surface area contributed by atoms with Crippen LogP contribution in [0.3, 0.4) is 0 Å². The molecule has 20 heavy (non-hydrogen) atoms. The maximum atomic E-state index is 13.5. The smallest absolute Gasteiger partial charge is 0.129 e. The molecule has 0 heterocycles. The van der Waals surface area contributed by atoms with Crippen molar-refractivity contribution in [2.75, 3.05) is 13.1 Å². The van der Waals surface area contributed by atoms with Crippen molar-refractivity contribution in [1.29, 1.82) is 0 Å². The van der Waals surface area contributed by atoms with Gasteiger partial charge in [-0.3, -0.25) is 0 Å². The van der Waals surface area contributed by atoms with Gasteiger partial charge >= 0.3 is 0 Å². The number of rotatable bonds is 5. The lowest BCUT2D eigenvalue weighted by atomic mass is 10.0. The van der Waals surface area contributed by atoms with E-state index in [-0.39, 0.29) is 22.9 Å². The average molecular weight is 283 g/mol. The summed E-state index contributed by atoms with van der Waals surface area (Å²) in [6.45, 7) is 9.89. The minimum absolute atomic E-state index is 0.00631. The molecule has 2 rings (SSSR count). The molecule has 0 spiro atoms. The van der Waals surface area contributed by atoms with Crippen LogP contribution in [0.4, 0.5) is 8.78 Å². The summed E-state index contributed by atoms with van der Waals surface area (Å²) >= 11 is 0. The van der Waals surface area contributed by atoms with E-state index in [9.17, 15) is 13.9 Å². The van der Waals surface area contributed by atoms with Crippen molar-refractivity contribution in [3.05, 3.63) is 35.4 Å². The lowest BCUT2D eigenvalue weighted by Crippen LogP contribution is -2.25. The van der Waals surface area contributed by atoms with Crippen LogP contribution in [-0.4, -0.2) is 18.2 Å². The van der Waals surface area contributed by atoms with Gasteiger partial charge in [0.05, 0.1) is 6.10 Å². The number of hydrogen-bond donors (Lipinski definition) is 2. The third kappa shape index (κ3) is 2.59. The van der Waals surface area contributed by atoms with E-state index >= 15 is 0 Å². The number of benzene rings is 1. The van der Waals surface area contributed by atoms with E-state index in [0.717, 1.165) is 24.7 Å². The molecule has 1 saturated carbocycles. The van der Waals surface area contributed by atoms with Crippen LogP contribution in [0.1, 0.15) is 39.4 Å². The van der Waals surface area contributed by atoms with Gasteiger partial charge in [-0.1, -0.05) is 27.7 Å². The molecular formula is C16H23F2NO. The van der Waals surface area contributed by atoms with Gasteiger partial charge in [0.2, 0.25) is 0 Å². The number of nitrogens with one attached hydrogen (secondary N) is 1. The van der Waals surface area contributed by atoms with Crippen LogP contribution < -0.4 is 5.32 Å². The van der Waals surface area contributed by atoms with Crippen molar-refractivity contribution in [3.8, 4) is 0 Å². The molecule has 0 amide bonds. The van der Waals surface area contributed by atoms with Gasteiger partial charge in [-0.2, -0.15) is 0 Å². The van der Waals surface area contributed by atoms with E-state index in [1.54, 1.807) is 0 Å². The Morgan fingerprint density at radius 2 is 1.80 bits per heavy atom. The molecule has 1 atom stereocenters. The highest BCUT2D eigenvalue weighted by molar-refractivity contribution is 5.21. The van der Waals surface area contributed by atoms with Crippen molar-refractivity contribution in [2.24, 2.45) is 16.7 Å².